The molecule has 1 amide bonds. The first kappa shape index (κ1) is 18.5. The average molecular weight is 411 g/mol. The fourth-order valence-electron chi connectivity index (χ4n) is 3.37. The molecule has 1 atom stereocenters. The molecule has 0 aromatic carbocycles. The summed E-state index contributed by atoms with van der Waals surface area (Å²) in [4.78, 5) is 12.8. The lowest BCUT2D eigenvalue weighted by molar-refractivity contribution is -0.141. The van der Waals surface area contributed by atoms with Gasteiger partial charge >= 0.3 is 6.18 Å². The normalized spacial score (nSPS) is 16.8. The number of nitrogens with zero attached hydrogens (tertiary/aromatic N) is 5. The third-order valence-corrected chi connectivity index (χ3v) is 5.86. The first-order valence-electron chi connectivity index (χ1n) is 8.41. The number of anilines is 2. The van der Waals surface area contributed by atoms with Gasteiger partial charge in [-0.15, -0.1) is 21.5 Å². The van der Waals surface area contributed by atoms with Crippen LogP contribution in [0.2, 0.25) is 0 Å². The minimum Gasteiger partial charge on any atom is -0.366 e. The number of carbonyl (C=O) groups is 1. The lowest BCUT2D eigenvalue weighted by Crippen LogP contribution is -2.21. The van der Waals surface area contributed by atoms with Gasteiger partial charge in [0.2, 0.25) is 11.9 Å². The van der Waals surface area contributed by atoms with E-state index in [9.17, 15) is 18.0 Å². The van der Waals surface area contributed by atoms with Crippen molar-refractivity contribution in [3.05, 3.63) is 39.5 Å². The third kappa shape index (κ3) is 3.23. The van der Waals surface area contributed by atoms with Gasteiger partial charge < -0.3 is 11.1 Å². The van der Waals surface area contributed by atoms with Crippen LogP contribution in [-0.2, 0) is 26.1 Å². The van der Waals surface area contributed by atoms with E-state index in [2.05, 4.69) is 20.6 Å². The summed E-state index contributed by atoms with van der Waals surface area (Å²) >= 11 is 1.52. The van der Waals surface area contributed by atoms with Gasteiger partial charge in [-0.3, -0.25) is 14.0 Å². The molecule has 0 saturated heterocycles. The topological polar surface area (TPSA) is 104 Å². The molecule has 1 unspecified atom stereocenters. The van der Waals surface area contributed by atoms with Crippen LogP contribution in [0.3, 0.4) is 0 Å². The van der Waals surface area contributed by atoms with Crippen LogP contribution in [-0.4, -0.2) is 30.5 Å². The number of halogens is 3. The van der Waals surface area contributed by atoms with E-state index < -0.39 is 17.8 Å². The predicted octanol–water partition coefficient (Wildman–Crippen LogP) is 2.66. The summed E-state index contributed by atoms with van der Waals surface area (Å²) in [6, 6.07) is 0.871. The largest absolute Gasteiger partial charge is 0.435 e. The van der Waals surface area contributed by atoms with Gasteiger partial charge in [0.05, 0.1) is 5.56 Å². The number of rotatable bonds is 4. The maximum atomic E-state index is 12.9. The van der Waals surface area contributed by atoms with E-state index in [4.69, 9.17) is 5.73 Å². The Kier molecular flexibility index (Phi) is 4.37. The van der Waals surface area contributed by atoms with Crippen LogP contribution in [0, 0.1) is 0 Å². The Labute approximate surface area is 161 Å². The van der Waals surface area contributed by atoms with Crippen LogP contribution in [0.4, 0.5) is 24.9 Å². The smallest absolute Gasteiger partial charge is 0.366 e. The van der Waals surface area contributed by atoms with Crippen molar-refractivity contribution in [2.24, 2.45) is 12.8 Å². The number of alkyl halides is 3. The van der Waals surface area contributed by atoms with Gasteiger partial charge in [-0.05, 0) is 24.8 Å². The van der Waals surface area contributed by atoms with E-state index >= 15 is 0 Å². The molecule has 3 N–H and O–H groups in total. The summed E-state index contributed by atoms with van der Waals surface area (Å²) in [5, 5.41) is 16.0. The number of hydrogen-bond acceptors (Lipinski definition) is 6. The van der Waals surface area contributed by atoms with Gasteiger partial charge in [0.1, 0.15) is 12.1 Å². The Morgan fingerprint density at radius 3 is 2.89 bits per heavy atom. The molecule has 8 nitrogen and oxygen atoms in total. The van der Waals surface area contributed by atoms with Gasteiger partial charge in [-0.25, -0.2) is 0 Å². The molecular formula is C16H16F3N7OS. The molecule has 3 aromatic rings. The van der Waals surface area contributed by atoms with E-state index in [1.807, 2.05) is 0 Å². The van der Waals surface area contributed by atoms with Gasteiger partial charge in [-0.1, -0.05) is 0 Å². The minimum absolute atomic E-state index is 0.0481. The molecule has 0 bridgehead atoms. The number of aryl methyl sites for hydroxylation is 2. The number of nitrogens with one attached hydrogen (secondary N) is 1. The molecule has 12 heteroatoms. The number of carbonyl (C=O) groups excluding carboxylic acids is 1. The molecule has 0 saturated carbocycles. The molecule has 148 valence electrons. The maximum absolute atomic E-state index is 12.9. The van der Waals surface area contributed by atoms with Crippen LogP contribution < -0.4 is 11.1 Å². The number of aromatic nitrogens is 5. The quantitative estimate of drug-likeness (QED) is 0.687. The molecule has 1 aliphatic rings. The predicted molar refractivity (Wildman–Crippen MR) is 95.4 cm³/mol. The minimum atomic E-state index is -4.53. The van der Waals surface area contributed by atoms with Crippen LogP contribution in [0.25, 0.3) is 0 Å². The summed E-state index contributed by atoms with van der Waals surface area (Å²) in [6.45, 7) is 0. The fourth-order valence-corrected chi connectivity index (χ4v) is 4.46. The zero-order valence-corrected chi connectivity index (χ0v) is 15.5. The molecule has 1 aliphatic carbocycles. The molecule has 0 aliphatic heterocycles. The highest BCUT2D eigenvalue weighted by molar-refractivity contribution is 7.10. The maximum Gasteiger partial charge on any atom is 0.435 e. The van der Waals surface area contributed by atoms with E-state index in [0.717, 1.165) is 34.0 Å². The van der Waals surface area contributed by atoms with E-state index in [0.29, 0.717) is 17.9 Å². The summed E-state index contributed by atoms with van der Waals surface area (Å²) in [5.74, 6) is -0.0118. The Balaban J connectivity index is 1.60. The van der Waals surface area contributed by atoms with Crippen molar-refractivity contribution in [1.82, 2.24) is 24.5 Å². The summed E-state index contributed by atoms with van der Waals surface area (Å²) in [6.07, 6.45) is -0.870. The summed E-state index contributed by atoms with van der Waals surface area (Å²) in [7, 11) is 1.41. The van der Waals surface area contributed by atoms with Crippen molar-refractivity contribution in [2.45, 2.75) is 31.5 Å². The van der Waals surface area contributed by atoms with E-state index in [1.54, 1.807) is 9.95 Å². The highest BCUT2D eigenvalue weighted by Gasteiger charge is 2.35. The van der Waals surface area contributed by atoms with Crippen molar-refractivity contribution in [3.63, 3.8) is 0 Å². The second-order valence-electron chi connectivity index (χ2n) is 6.53. The molecule has 3 heterocycles. The Morgan fingerprint density at radius 1 is 1.43 bits per heavy atom. The second-order valence-corrected chi connectivity index (χ2v) is 7.50. The fraction of sp³-hybridized carbons (Fsp3) is 0.375. The van der Waals surface area contributed by atoms with Gasteiger partial charge in [0.25, 0.3) is 0 Å². The number of primary amides is 1. The number of amides is 1. The van der Waals surface area contributed by atoms with Crippen LogP contribution in [0.15, 0.2) is 17.8 Å². The molecule has 3 aromatic heterocycles. The highest BCUT2D eigenvalue weighted by atomic mass is 32.1. The highest BCUT2D eigenvalue weighted by Crippen LogP contribution is 2.36. The molecule has 4 rings (SSSR count). The van der Waals surface area contributed by atoms with Crippen LogP contribution >= 0.6 is 11.3 Å². The monoisotopic (exact) mass is 411 g/mol. The van der Waals surface area contributed by atoms with Crippen molar-refractivity contribution in [2.75, 3.05) is 5.32 Å². The van der Waals surface area contributed by atoms with Crippen molar-refractivity contribution < 1.29 is 18.0 Å². The third-order valence-electron chi connectivity index (χ3n) is 4.77. The van der Waals surface area contributed by atoms with Crippen LogP contribution in [0.5, 0.6) is 0 Å². The van der Waals surface area contributed by atoms with Crippen molar-refractivity contribution in [3.8, 4) is 0 Å². The average Bonchev–Trinajstić information content (AvgIpc) is 3.33. The molecule has 0 spiro atoms. The molecule has 0 radical (unpaired) electrons. The zero-order valence-electron chi connectivity index (χ0n) is 14.7. The number of thiophene rings is 1. The first-order chi connectivity index (χ1) is 13.2. The SMILES string of the molecule is Cn1nc(C(F)(F)F)cc1Nc1nncn1C1CCc2scc(C(N)=O)c2C1. The Hall–Kier alpha value is -2.89. The first-order valence-corrected chi connectivity index (χ1v) is 9.29. The lowest BCUT2D eigenvalue weighted by Gasteiger charge is -2.25. The number of fused-ring (bicyclic) bond motifs is 1. The lowest BCUT2D eigenvalue weighted by atomic mass is 9.91. The van der Waals surface area contributed by atoms with Gasteiger partial charge in [-0.2, -0.15) is 18.3 Å². The van der Waals surface area contributed by atoms with Crippen molar-refractivity contribution >= 4 is 29.0 Å². The Morgan fingerprint density at radius 2 is 2.21 bits per heavy atom. The standard InChI is InChI=1S/C16H16F3N7OS/c1-25-13(5-12(24-25)16(17,18)19)22-15-23-21-7-26(15)8-2-3-11-9(4-8)10(6-28-11)14(20)27/h5-8H,2-4H2,1H3,(H2,20,27)(H,22,23). The molecular weight excluding hydrogens is 395 g/mol. The van der Waals surface area contributed by atoms with E-state index in [1.165, 1.54) is 24.7 Å². The zero-order chi connectivity index (χ0) is 20.1. The molecule has 28 heavy (non-hydrogen) atoms. The Bertz CT molecular complexity index is 1040. The van der Waals surface area contributed by atoms with Gasteiger partial charge in [0, 0.05) is 29.4 Å². The second kappa shape index (κ2) is 6.62. The van der Waals surface area contributed by atoms with Gasteiger partial charge in [0.15, 0.2) is 5.69 Å². The van der Waals surface area contributed by atoms with E-state index in [-0.39, 0.29) is 11.9 Å². The summed E-state index contributed by atoms with van der Waals surface area (Å²) < 4.78 is 41.5. The summed E-state index contributed by atoms with van der Waals surface area (Å²) in [5.41, 5.74) is 5.91. The van der Waals surface area contributed by atoms with Crippen LogP contribution in [0.1, 0.15) is 39.0 Å². The number of hydrogen-bond donors (Lipinski definition) is 2. The number of nitrogens with two attached hydrogens (primary N) is 1. The van der Waals surface area contributed by atoms with Crippen molar-refractivity contribution in [1.29, 1.82) is 0 Å². The molecule has 0 fully saturated rings.